The Morgan fingerprint density at radius 2 is 1.88 bits per heavy atom. The zero-order chi connectivity index (χ0) is 18.8. The lowest BCUT2D eigenvalue weighted by atomic mass is 10.00. The van der Waals surface area contributed by atoms with Crippen molar-refractivity contribution in [3.63, 3.8) is 0 Å². The van der Waals surface area contributed by atoms with E-state index in [9.17, 15) is 14.0 Å². The fraction of sp³-hybridized carbons (Fsp3) is 0.300. The number of nitrogens with zero attached hydrogens (tertiary/aromatic N) is 2. The first-order valence-electron chi connectivity index (χ1n) is 8.46. The normalized spacial score (nSPS) is 15.9. The first-order valence-corrected chi connectivity index (χ1v) is 8.46. The van der Waals surface area contributed by atoms with Crippen LogP contribution >= 0.6 is 0 Å². The van der Waals surface area contributed by atoms with Crippen LogP contribution in [0.3, 0.4) is 0 Å². The van der Waals surface area contributed by atoms with Gasteiger partial charge in [0.25, 0.3) is 5.91 Å². The van der Waals surface area contributed by atoms with Gasteiger partial charge in [0.05, 0.1) is 6.04 Å². The summed E-state index contributed by atoms with van der Waals surface area (Å²) in [4.78, 5) is 27.3. The summed E-state index contributed by atoms with van der Waals surface area (Å²) in [7, 11) is 3.89. The minimum atomic E-state index is -0.961. The van der Waals surface area contributed by atoms with E-state index in [1.54, 1.807) is 11.0 Å². The highest BCUT2D eigenvalue weighted by molar-refractivity contribution is 5.99. The first kappa shape index (κ1) is 17.9. The van der Waals surface area contributed by atoms with Gasteiger partial charge in [-0.1, -0.05) is 18.2 Å². The van der Waals surface area contributed by atoms with Crippen molar-refractivity contribution in [2.75, 3.05) is 19.0 Å². The smallest absolute Gasteiger partial charge is 0.303 e. The van der Waals surface area contributed by atoms with Crippen LogP contribution in [0.15, 0.2) is 42.5 Å². The molecule has 1 aliphatic rings. The molecule has 1 amide bonds. The number of carboxylic acid groups (broad SMARTS) is 1. The Balaban J connectivity index is 1.90. The Morgan fingerprint density at radius 1 is 1.19 bits per heavy atom. The van der Waals surface area contributed by atoms with Gasteiger partial charge >= 0.3 is 5.97 Å². The maximum Gasteiger partial charge on any atom is 0.303 e. The molecule has 26 heavy (non-hydrogen) atoms. The SMILES string of the molecule is CN(C)c1ccc(CN2C(=O)c3cccc(F)c3C2CCC(=O)O)cc1. The number of amides is 1. The second-order valence-electron chi connectivity index (χ2n) is 6.64. The zero-order valence-electron chi connectivity index (χ0n) is 14.8. The summed E-state index contributed by atoms with van der Waals surface area (Å²) in [6.45, 7) is 0.310. The number of benzene rings is 2. The van der Waals surface area contributed by atoms with Gasteiger partial charge in [-0.05, 0) is 36.2 Å². The van der Waals surface area contributed by atoms with Crippen molar-refractivity contribution in [2.45, 2.75) is 25.4 Å². The molecule has 0 fully saturated rings. The summed E-state index contributed by atoms with van der Waals surface area (Å²) in [6, 6.07) is 11.6. The molecule has 0 saturated carbocycles. The van der Waals surface area contributed by atoms with E-state index >= 15 is 0 Å². The number of rotatable bonds is 6. The van der Waals surface area contributed by atoms with Gasteiger partial charge < -0.3 is 14.9 Å². The Hall–Kier alpha value is -2.89. The molecule has 2 aromatic rings. The largest absolute Gasteiger partial charge is 0.481 e. The van der Waals surface area contributed by atoms with E-state index in [1.165, 1.54) is 12.1 Å². The molecule has 1 aliphatic heterocycles. The fourth-order valence-corrected chi connectivity index (χ4v) is 3.35. The second-order valence-corrected chi connectivity index (χ2v) is 6.64. The van der Waals surface area contributed by atoms with Crippen molar-refractivity contribution >= 4 is 17.6 Å². The van der Waals surface area contributed by atoms with Gasteiger partial charge in [-0.2, -0.15) is 0 Å². The Labute approximate surface area is 151 Å². The monoisotopic (exact) mass is 356 g/mol. The van der Waals surface area contributed by atoms with Crippen LogP contribution in [0.2, 0.25) is 0 Å². The van der Waals surface area contributed by atoms with Crippen LogP contribution in [0.1, 0.15) is 40.4 Å². The third kappa shape index (κ3) is 3.40. The predicted octanol–water partition coefficient (Wildman–Crippen LogP) is 3.45. The Kier molecular flexibility index (Phi) is 4.93. The molecule has 2 aromatic carbocycles. The number of carboxylic acids is 1. The minimum absolute atomic E-state index is 0.123. The van der Waals surface area contributed by atoms with Crippen LogP contribution < -0.4 is 4.90 Å². The van der Waals surface area contributed by atoms with Gasteiger partial charge in [0.1, 0.15) is 5.82 Å². The standard InChI is InChI=1S/C20H21FN2O3/c1-22(2)14-8-6-13(7-9-14)12-23-17(10-11-18(24)25)19-15(20(23)26)4-3-5-16(19)21/h3-9,17H,10-12H2,1-2H3,(H,24,25). The minimum Gasteiger partial charge on any atom is -0.481 e. The number of carbonyl (C=O) groups excluding carboxylic acids is 1. The van der Waals surface area contributed by atoms with Crippen molar-refractivity contribution in [1.82, 2.24) is 4.90 Å². The van der Waals surface area contributed by atoms with Crippen LogP contribution in [-0.4, -0.2) is 36.0 Å². The number of hydrogen-bond donors (Lipinski definition) is 1. The molecule has 0 saturated heterocycles. The molecule has 1 unspecified atom stereocenters. The van der Waals surface area contributed by atoms with Crippen LogP contribution in [0.4, 0.5) is 10.1 Å². The van der Waals surface area contributed by atoms with Crippen molar-refractivity contribution in [3.8, 4) is 0 Å². The van der Waals surface area contributed by atoms with E-state index in [4.69, 9.17) is 5.11 Å². The quantitative estimate of drug-likeness (QED) is 0.861. The number of aliphatic carboxylic acids is 1. The first-order chi connectivity index (χ1) is 12.4. The van der Waals surface area contributed by atoms with Crippen LogP contribution in [-0.2, 0) is 11.3 Å². The number of anilines is 1. The summed E-state index contributed by atoms with van der Waals surface area (Å²) in [5.41, 5.74) is 2.59. The van der Waals surface area contributed by atoms with Crippen LogP contribution in [0, 0.1) is 5.82 Å². The van der Waals surface area contributed by atoms with Gasteiger partial charge in [-0.25, -0.2) is 4.39 Å². The van der Waals surface area contributed by atoms with E-state index < -0.39 is 17.8 Å². The van der Waals surface area contributed by atoms with Crippen molar-refractivity contribution in [2.24, 2.45) is 0 Å². The molecule has 0 radical (unpaired) electrons. The molecule has 0 aliphatic carbocycles. The summed E-state index contributed by atoms with van der Waals surface area (Å²) in [6.07, 6.45) is 0.0621. The second kappa shape index (κ2) is 7.15. The fourth-order valence-electron chi connectivity index (χ4n) is 3.35. The maximum atomic E-state index is 14.4. The maximum absolute atomic E-state index is 14.4. The van der Waals surface area contributed by atoms with Gasteiger partial charge in [-0.15, -0.1) is 0 Å². The highest BCUT2D eigenvalue weighted by atomic mass is 19.1. The number of fused-ring (bicyclic) bond motifs is 1. The van der Waals surface area contributed by atoms with Gasteiger partial charge in [0, 0.05) is 43.9 Å². The van der Waals surface area contributed by atoms with Crippen molar-refractivity contribution < 1.29 is 19.1 Å². The number of halogens is 1. The predicted molar refractivity (Wildman–Crippen MR) is 96.7 cm³/mol. The Morgan fingerprint density at radius 3 is 2.50 bits per heavy atom. The average Bonchev–Trinajstić information content (AvgIpc) is 2.87. The van der Waals surface area contributed by atoms with Gasteiger partial charge in [0.2, 0.25) is 0 Å². The molecule has 0 spiro atoms. The summed E-state index contributed by atoms with van der Waals surface area (Å²) in [5.74, 6) is -1.68. The molecular weight excluding hydrogens is 335 g/mol. The molecule has 5 nitrogen and oxygen atoms in total. The third-order valence-electron chi connectivity index (χ3n) is 4.69. The highest BCUT2D eigenvalue weighted by Gasteiger charge is 2.38. The number of hydrogen-bond acceptors (Lipinski definition) is 3. The molecule has 1 N–H and O–H groups in total. The molecule has 3 rings (SSSR count). The molecule has 6 heteroatoms. The van der Waals surface area contributed by atoms with E-state index in [2.05, 4.69) is 0 Å². The van der Waals surface area contributed by atoms with E-state index in [-0.39, 0.29) is 18.7 Å². The number of carbonyl (C=O) groups is 2. The van der Waals surface area contributed by atoms with Crippen molar-refractivity contribution in [3.05, 3.63) is 65.0 Å². The lowest BCUT2D eigenvalue weighted by Gasteiger charge is -2.25. The molecule has 0 aromatic heterocycles. The van der Waals surface area contributed by atoms with E-state index in [0.29, 0.717) is 17.7 Å². The van der Waals surface area contributed by atoms with Crippen LogP contribution in [0.25, 0.3) is 0 Å². The molecule has 0 bridgehead atoms. The molecular formula is C20H21FN2O3. The molecule has 1 heterocycles. The lowest BCUT2D eigenvalue weighted by molar-refractivity contribution is -0.137. The summed E-state index contributed by atoms with van der Waals surface area (Å²) in [5, 5.41) is 9.01. The molecule has 136 valence electrons. The van der Waals surface area contributed by atoms with Crippen LogP contribution in [0.5, 0.6) is 0 Å². The summed E-state index contributed by atoms with van der Waals surface area (Å²) < 4.78 is 14.4. The highest BCUT2D eigenvalue weighted by Crippen LogP contribution is 2.39. The average molecular weight is 356 g/mol. The van der Waals surface area contributed by atoms with Crippen molar-refractivity contribution in [1.29, 1.82) is 0 Å². The Bertz CT molecular complexity index is 833. The topological polar surface area (TPSA) is 60.9 Å². The third-order valence-corrected chi connectivity index (χ3v) is 4.69. The van der Waals surface area contributed by atoms with E-state index in [0.717, 1.165) is 11.3 Å². The zero-order valence-corrected chi connectivity index (χ0v) is 14.8. The summed E-state index contributed by atoms with van der Waals surface area (Å²) >= 11 is 0. The van der Waals surface area contributed by atoms with Gasteiger partial charge in [-0.3, -0.25) is 9.59 Å². The van der Waals surface area contributed by atoms with E-state index in [1.807, 2.05) is 43.3 Å². The molecule has 1 atom stereocenters. The lowest BCUT2D eigenvalue weighted by Crippen LogP contribution is -2.28. The van der Waals surface area contributed by atoms with Gasteiger partial charge in [0.15, 0.2) is 0 Å².